The average Bonchev–Trinajstić information content (AvgIpc) is 2.78. The second kappa shape index (κ2) is 6.98. The number of ether oxygens (including phenoxy) is 2. The van der Waals surface area contributed by atoms with E-state index in [1.54, 1.807) is 14.2 Å². The van der Waals surface area contributed by atoms with Crippen LogP contribution in [0.1, 0.15) is 43.7 Å². The van der Waals surface area contributed by atoms with E-state index >= 15 is 0 Å². The van der Waals surface area contributed by atoms with Gasteiger partial charge >= 0.3 is 0 Å². The molecule has 0 fully saturated rings. The van der Waals surface area contributed by atoms with Gasteiger partial charge in [-0.1, -0.05) is 20.3 Å². The van der Waals surface area contributed by atoms with Crippen LogP contribution in [0, 0.1) is 5.92 Å². The fraction of sp³-hybridized carbons (Fsp3) is 0.647. The zero-order chi connectivity index (χ0) is 14.5. The largest absolute Gasteiger partial charge is 0.493 e. The SMILES string of the molecule is CCCCNC[C@H]1Cc2cc(OC)c(OC)cc2[C@H]1C. The van der Waals surface area contributed by atoms with Crippen LogP contribution in [0.5, 0.6) is 11.5 Å². The molecule has 1 aliphatic carbocycles. The number of rotatable bonds is 7. The van der Waals surface area contributed by atoms with Gasteiger partial charge in [0, 0.05) is 0 Å². The zero-order valence-electron chi connectivity index (χ0n) is 13.2. The molecule has 1 aromatic carbocycles. The Balaban J connectivity index is 2.06. The number of hydrogen-bond acceptors (Lipinski definition) is 3. The van der Waals surface area contributed by atoms with Crippen molar-refractivity contribution in [1.29, 1.82) is 0 Å². The highest BCUT2D eigenvalue weighted by atomic mass is 16.5. The minimum Gasteiger partial charge on any atom is -0.493 e. The summed E-state index contributed by atoms with van der Waals surface area (Å²) < 4.78 is 10.8. The molecule has 0 unspecified atom stereocenters. The second-order valence-electron chi connectivity index (χ2n) is 5.72. The fourth-order valence-electron chi connectivity index (χ4n) is 3.09. The van der Waals surface area contributed by atoms with Crippen molar-refractivity contribution in [3.8, 4) is 11.5 Å². The van der Waals surface area contributed by atoms with Gasteiger partial charge in [-0.05, 0) is 61.0 Å². The molecule has 1 aliphatic rings. The lowest BCUT2D eigenvalue weighted by atomic mass is 9.94. The first-order valence-electron chi connectivity index (χ1n) is 7.66. The van der Waals surface area contributed by atoms with Crippen LogP contribution in [0.15, 0.2) is 12.1 Å². The summed E-state index contributed by atoms with van der Waals surface area (Å²) in [4.78, 5) is 0. The maximum Gasteiger partial charge on any atom is 0.161 e. The Morgan fingerprint density at radius 3 is 2.55 bits per heavy atom. The zero-order valence-corrected chi connectivity index (χ0v) is 13.2. The maximum absolute atomic E-state index is 5.42. The van der Waals surface area contributed by atoms with Crippen LogP contribution in [0.2, 0.25) is 0 Å². The molecule has 3 nitrogen and oxygen atoms in total. The Kier molecular flexibility index (Phi) is 5.30. The minimum absolute atomic E-state index is 0.582. The summed E-state index contributed by atoms with van der Waals surface area (Å²) in [5, 5.41) is 3.59. The average molecular weight is 277 g/mol. The first-order valence-corrected chi connectivity index (χ1v) is 7.66. The van der Waals surface area contributed by atoms with Gasteiger partial charge in [-0.25, -0.2) is 0 Å². The predicted molar refractivity (Wildman–Crippen MR) is 82.9 cm³/mol. The minimum atomic E-state index is 0.582. The molecule has 0 aliphatic heterocycles. The van der Waals surface area contributed by atoms with Gasteiger partial charge in [0.2, 0.25) is 0 Å². The number of benzene rings is 1. The summed E-state index contributed by atoms with van der Waals surface area (Å²) in [6.07, 6.45) is 3.65. The molecule has 2 rings (SSSR count). The van der Waals surface area contributed by atoms with E-state index in [0.29, 0.717) is 11.8 Å². The lowest BCUT2D eigenvalue weighted by molar-refractivity contribution is 0.354. The quantitative estimate of drug-likeness (QED) is 0.775. The molecule has 0 amide bonds. The van der Waals surface area contributed by atoms with E-state index in [1.165, 1.54) is 24.0 Å². The van der Waals surface area contributed by atoms with Crippen molar-refractivity contribution >= 4 is 0 Å². The van der Waals surface area contributed by atoms with E-state index in [4.69, 9.17) is 9.47 Å². The van der Waals surface area contributed by atoms with Crippen molar-refractivity contribution < 1.29 is 9.47 Å². The normalized spacial score (nSPS) is 20.8. The molecular formula is C17H27NO2. The van der Waals surface area contributed by atoms with Crippen LogP contribution in [-0.2, 0) is 6.42 Å². The number of nitrogens with one attached hydrogen (secondary N) is 1. The van der Waals surface area contributed by atoms with Gasteiger partial charge < -0.3 is 14.8 Å². The van der Waals surface area contributed by atoms with Crippen LogP contribution in [0.3, 0.4) is 0 Å². The van der Waals surface area contributed by atoms with Crippen molar-refractivity contribution in [1.82, 2.24) is 5.32 Å². The molecule has 1 aromatic rings. The summed E-state index contributed by atoms with van der Waals surface area (Å²) in [5.41, 5.74) is 2.84. The van der Waals surface area contributed by atoms with Gasteiger partial charge in [0.25, 0.3) is 0 Å². The Labute approximate surface area is 122 Å². The van der Waals surface area contributed by atoms with Gasteiger partial charge in [-0.2, -0.15) is 0 Å². The summed E-state index contributed by atoms with van der Waals surface area (Å²) in [6.45, 7) is 6.78. The highest BCUT2D eigenvalue weighted by Gasteiger charge is 2.30. The van der Waals surface area contributed by atoms with Crippen molar-refractivity contribution in [3.05, 3.63) is 23.3 Å². The Morgan fingerprint density at radius 1 is 1.20 bits per heavy atom. The Hall–Kier alpha value is -1.22. The van der Waals surface area contributed by atoms with E-state index in [2.05, 4.69) is 31.3 Å². The fourth-order valence-corrected chi connectivity index (χ4v) is 3.09. The predicted octanol–water partition coefficient (Wildman–Crippen LogP) is 3.37. The summed E-state index contributed by atoms with van der Waals surface area (Å²) >= 11 is 0. The molecule has 2 atom stereocenters. The third-order valence-electron chi connectivity index (χ3n) is 4.44. The van der Waals surface area contributed by atoms with E-state index < -0.39 is 0 Å². The molecule has 0 spiro atoms. The summed E-state index contributed by atoms with van der Waals surface area (Å²) in [5.74, 6) is 2.95. The third kappa shape index (κ3) is 3.09. The molecule has 0 saturated carbocycles. The van der Waals surface area contributed by atoms with Gasteiger partial charge in [-0.15, -0.1) is 0 Å². The molecule has 0 heterocycles. The van der Waals surface area contributed by atoms with Crippen molar-refractivity contribution in [2.24, 2.45) is 5.92 Å². The monoisotopic (exact) mass is 277 g/mol. The van der Waals surface area contributed by atoms with E-state index in [0.717, 1.165) is 31.0 Å². The van der Waals surface area contributed by atoms with Crippen LogP contribution < -0.4 is 14.8 Å². The van der Waals surface area contributed by atoms with Crippen LogP contribution in [0.25, 0.3) is 0 Å². The van der Waals surface area contributed by atoms with Gasteiger partial charge in [0.1, 0.15) is 0 Å². The van der Waals surface area contributed by atoms with Gasteiger partial charge in [-0.3, -0.25) is 0 Å². The van der Waals surface area contributed by atoms with Crippen LogP contribution in [-0.4, -0.2) is 27.3 Å². The topological polar surface area (TPSA) is 30.5 Å². The Bertz CT molecular complexity index is 445. The van der Waals surface area contributed by atoms with E-state index in [9.17, 15) is 0 Å². The van der Waals surface area contributed by atoms with Crippen molar-refractivity contribution in [2.75, 3.05) is 27.3 Å². The third-order valence-corrected chi connectivity index (χ3v) is 4.44. The van der Waals surface area contributed by atoms with E-state index in [-0.39, 0.29) is 0 Å². The molecule has 0 bridgehead atoms. The molecule has 112 valence electrons. The standard InChI is InChI=1S/C17H27NO2/c1-5-6-7-18-11-14-8-13-9-16(19-3)17(20-4)10-15(13)12(14)2/h9-10,12,14,18H,5-8,11H2,1-4H3/t12-,14+/m0/s1. The first kappa shape index (κ1) is 15.2. The van der Waals surface area contributed by atoms with Crippen LogP contribution in [0.4, 0.5) is 0 Å². The first-order chi connectivity index (χ1) is 9.71. The van der Waals surface area contributed by atoms with E-state index in [1.807, 2.05) is 0 Å². The molecule has 3 heteroatoms. The second-order valence-corrected chi connectivity index (χ2v) is 5.72. The number of hydrogen-bond donors (Lipinski definition) is 1. The lowest BCUT2D eigenvalue weighted by Gasteiger charge is -2.17. The van der Waals surface area contributed by atoms with Gasteiger partial charge in [0.15, 0.2) is 11.5 Å². The molecular weight excluding hydrogens is 250 g/mol. The number of methoxy groups -OCH3 is 2. The van der Waals surface area contributed by atoms with Crippen LogP contribution >= 0.6 is 0 Å². The molecule has 0 aromatic heterocycles. The Morgan fingerprint density at radius 2 is 1.90 bits per heavy atom. The smallest absolute Gasteiger partial charge is 0.161 e. The molecule has 0 radical (unpaired) electrons. The van der Waals surface area contributed by atoms with Crippen molar-refractivity contribution in [3.63, 3.8) is 0 Å². The molecule has 0 saturated heterocycles. The highest BCUT2D eigenvalue weighted by molar-refractivity contribution is 5.50. The lowest BCUT2D eigenvalue weighted by Crippen LogP contribution is -2.25. The van der Waals surface area contributed by atoms with Gasteiger partial charge in [0.05, 0.1) is 14.2 Å². The highest BCUT2D eigenvalue weighted by Crippen LogP contribution is 2.42. The summed E-state index contributed by atoms with van der Waals surface area (Å²) in [7, 11) is 3.40. The molecule has 20 heavy (non-hydrogen) atoms. The number of unbranched alkanes of at least 4 members (excludes halogenated alkanes) is 1. The maximum atomic E-state index is 5.42. The number of fused-ring (bicyclic) bond motifs is 1. The van der Waals surface area contributed by atoms with Crippen molar-refractivity contribution in [2.45, 2.75) is 39.0 Å². The molecule has 1 N–H and O–H groups in total. The summed E-state index contributed by atoms with van der Waals surface area (Å²) in [6, 6.07) is 4.31.